The van der Waals surface area contributed by atoms with Gasteiger partial charge in [-0.3, -0.25) is 31.2 Å². The predicted octanol–water partition coefficient (Wildman–Crippen LogP) is 26.2. The number of amides is 6. The molecule has 0 aliphatic heterocycles. The Kier molecular flexibility index (Phi) is 44.2. The Labute approximate surface area is 834 Å². The van der Waals surface area contributed by atoms with Crippen molar-refractivity contribution in [2.75, 3.05) is 73.0 Å². The SMILES string of the molecule is C=Cc1cccc(COc2ccc(C)cc2C)c1N(O)C(=O)OC.COC(=O)N(O)c1c(Br)cccc1COc1ccc(C)cc1C.COC(=O)N(O)c1c(C)cccc1COc1ccc(C)cc1C.COC(=O)N(O)c1c(Cl)cccc1COc1ccc(C)cc1C.COC(=O)N(O)c1c(F)cccc1COc1ccc(C)cc1C.COC(=O)N(O)c1c(I)cccc1COc1ccc(C)cc1C. The van der Waals surface area contributed by atoms with Gasteiger partial charge < -0.3 is 56.8 Å². The smallest absolute Gasteiger partial charge is 0.438 e. The van der Waals surface area contributed by atoms with Crippen molar-refractivity contribution < 1.29 is 121 Å². The van der Waals surface area contributed by atoms with Crippen molar-refractivity contribution >= 4 is 127 Å². The van der Waals surface area contributed by atoms with E-state index in [0.717, 1.165) is 112 Å². The minimum atomic E-state index is -1.08. The molecule has 0 atom stereocenters. The fourth-order valence-electron chi connectivity index (χ4n) is 13.7. The van der Waals surface area contributed by atoms with E-state index < -0.39 is 42.4 Å². The van der Waals surface area contributed by atoms with E-state index in [-0.39, 0.29) is 61.1 Å². The standard InChI is InChI=1S/C19H21NO4.C18H21NO4.C17H18BrNO4.C17H18ClNO4.C17H18FNO4.C17H18INO4/c1-5-15-7-6-8-16(18(15)20(22)19(21)23-4)12-24-17-10-9-13(2)11-14(17)3;1-12-8-9-16(14(3)10-12)23-11-15-7-5-6-13(2)17(15)19(21)18(20)22-4;4*1-11-7-8-15(12(2)9-11)23-10-13-5-4-6-14(18)16(13)19(21)17(20)22-3/h5-11,22H,1,12H2,2-4H3;5-10,21H,11H2,1-4H3;4*4-9,21H,10H2,1-3H3. The van der Waals surface area contributed by atoms with Crippen LogP contribution in [0.25, 0.3) is 6.08 Å². The Hall–Kier alpha value is -14.0. The Morgan fingerprint density at radius 3 is 0.871 bits per heavy atom. The predicted molar refractivity (Wildman–Crippen MR) is 540 cm³/mol. The van der Waals surface area contributed by atoms with Gasteiger partial charge in [0.2, 0.25) is 0 Å². The Bertz CT molecular complexity index is 5560. The van der Waals surface area contributed by atoms with Gasteiger partial charge in [0.1, 0.15) is 91.3 Å². The summed E-state index contributed by atoms with van der Waals surface area (Å²) < 4.78 is 77.3. The maximum atomic E-state index is 14.0. The van der Waals surface area contributed by atoms with Crippen LogP contribution in [0, 0.1) is 99.4 Å². The summed E-state index contributed by atoms with van der Waals surface area (Å²) in [7, 11) is 7.11. The molecule has 0 saturated heterocycles. The zero-order chi connectivity index (χ0) is 103. The summed E-state index contributed by atoms with van der Waals surface area (Å²) in [6.45, 7) is 30.3. The molecule has 139 heavy (non-hydrogen) atoms. The van der Waals surface area contributed by atoms with Gasteiger partial charge in [0.05, 0.1) is 70.4 Å². The second-order valence-corrected chi connectivity index (χ2v) is 33.6. The summed E-state index contributed by atoms with van der Waals surface area (Å²) in [6.07, 6.45) is -3.88. The summed E-state index contributed by atoms with van der Waals surface area (Å²) in [6, 6.07) is 65.9. The van der Waals surface area contributed by atoms with Gasteiger partial charge in [0.15, 0.2) is 0 Å². The molecule has 0 aromatic heterocycles. The molecule has 12 rings (SSSR count). The van der Waals surface area contributed by atoms with Crippen LogP contribution in [0.15, 0.2) is 229 Å². The van der Waals surface area contributed by atoms with Crippen molar-refractivity contribution in [1.29, 1.82) is 0 Å². The Morgan fingerprint density at radius 2 is 0.547 bits per heavy atom. The molecule has 0 fully saturated rings. The van der Waals surface area contributed by atoms with E-state index in [9.17, 15) is 64.4 Å². The van der Waals surface area contributed by atoms with E-state index in [2.05, 4.69) is 73.5 Å². The lowest BCUT2D eigenvalue weighted by Crippen LogP contribution is -2.28. The fraction of sp³-hybridized carbons (Fsp3) is 0.238. The number of hydrogen-bond donors (Lipinski definition) is 6. The molecule has 12 aromatic carbocycles. The first-order valence-corrected chi connectivity index (χ1v) is 45.0. The summed E-state index contributed by atoms with van der Waals surface area (Å²) in [4.78, 5) is 69.4. The highest BCUT2D eigenvalue weighted by Gasteiger charge is 2.28. The average Bonchev–Trinajstić information content (AvgIpc) is 0.813. The topological polar surface area (TPSA) is 354 Å². The van der Waals surface area contributed by atoms with E-state index in [1.807, 2.05) is 223 Å². The molecule has 0 heterocycles. The maximum absolute atomic E-state index is 14.0. The Morgan fingerprint density at radius 1 is 0.309 bits per heavy atom. The molecule has 0 aliphatic carbocycles. The molecule has 0 unspecified atom stereocenters. The van der Waals surface area contributed by atoms with Gasteiger partial charge in [-0.15, -0.1) is 0 Å². The second-order valence-electron chi connectivity index (χ2n) is 31.2. The lowest BCUT2D eigenvalue weighted by Gasteiger charge is -2.20. The monoisotopic (exact) mass is 2100 g/mol. The van der Waals surface area contributed by atoms with Gasteiger partial charge in [0, 0.05) is 47.0 Å². The van der Waals surface area contributed by atoms with Crippen LogP contribution in [-0.4, -0.2) is 110 Å². The molecule has 12 aromatic rings. The van der Waals surface area contributed by atoms with Crippen LogP contribution in [-0.2, 0) is 68.1 Å². The number of carbonyl (C=O) groups is 6. The summed E-state index contributed by atoms with van der Waals surface area (Å²) in [5.41, 5.74) is 19.0. The average molecular weight is 2110 g/mol. The van der Waals surface area contributed by atoms with E-state index in [1.54, 1.807) is 78.9 Å². The van der Waals surface area contributed by atoms with Gasteiger partial charge in [-0.2, -0.15) is 30.4 Å². The van der Waals surface area contributed by atoms with E-state index >= 15 is 0 Å². The van der Waals surface area contributed by atoms with Crippen LogP contribution in [0.1, 0.15) is 111 Å². The van der Waals surface area contributed by atoms with E-state index in [1.165, 1.54) is 47.2 Å². The minimum absolute atomic E-state index is 0.00888. The third kappa shape index (κ3) is 32.0. The van der Waals surface area contributed by atoms with Crippen LogP contribution in [0.5, 0.6) is 34.5 Å². The molecule has 736 valence electrons. The van der Waals surface area contributed by atoms with Crippen LogP contribution in [0.3, 0.4) is 0 Å². The number of ether oxygens (including phenoxy) is 12. The molecule has 30 nitrogen and oxygen atoms in total. The molecule has 0 spiro atoms. The van der Waals surface area contributed by atoms with Crippen LogP contribution < -0.4 is 58.8 Å². The molecule has 6 N–H and O–H groups in total. The number of anilines is 6. The summed E-state index contributed by atoms with van der Waals surface area (Å²) in [5.74, 6) is 3.66. The van der Waals surface area contributed by atoms with Gasteiger partial charge in [-0.05, 0) is 228 Å². The van der Waals surface area contributed by atoms with Crippen LogP contribution in [0.2, 0.25) is 5.02 Å². The normalized spacial score (nSPS) is 10.3. The largest absolute Gasteiger partial charge is 0.489 e. The van der Waals surface area contributed by atoms with Crippen molar-refractivity contribution in [2.45, 2.75) is 130 Å². The van der Waals surface area contributed by atoms with Crippen molar-refractivity contribution in [3.05, 3.63) is 355 Å². The highest BCUT2D eigenvalue weighted by molar-refractivity contribution is 14.1. The van der Waals surface area contributed by atoms with Crippen LogP contribution >= 0.6 is 50.1 Å². The molecule has 0 radical (unpaired) electrons. The van der Waals surface area contributed by atoms with Crippen molar-refractivity contribution in [1.82, 2.24) is 0 Å². The first-order chi connectivity index (χ1) is 66.1. The lowest BCUT2D eigenvalue weighted by molar-refractivity contribution is 0.139. The van der Waals surface area contributed by atoms with Gasteiger partial charge in [-0.1, -0.05) is 215 Å². The van der Waals surface area contributed by atoms with E-state index in [4.69, 9.17) is 40.0 Å². The van der Waals surface area contributed by atoms with Gasteiger partial charge in [-0.25, -0.2) is 33.2 Å². The number of methoxy groups -OCH3 is 6. The minimum Gasteiger partial charge on any atom is -0.489 e. The van der Waals surface area contributed by atoms with Crippen molar-refractivity contribution in [3.63, 3.8) is 0 Å². The molecule has 6 amide bonds. The third-order valence-corrected chi connectivity index (χ3v) is 22.4. The van der Waals surface area contributed by atoms with Crippen molar-refractivity contribution in [3.8, 4) is 34.5 Å². The molecule has 0 saturated carbocycles. The first kappa shape index (κ1) is 112. The zero-order valence-corrected chi connectivity index (χ0v) is 85.0. The number of halogens is 4. The van der Waals surface area contributed by atoms with E-state index in [0.29, 0.717) is 97.2 Å². The fourth-order valence-corrected chi connectivity index (χ4v) is 15.3. The highest BCUT2D eigenvalue weighted by Crippen LogP contribution is 2.38. The molecular weight excluding hydrogens is 1990 g/mol. The second kappa shape index (κ2) is 54.8. The first-order valence-electron chi connectivity index (χ1n) is 42.7. The number of carbonyl (C=O) groups excluding carboxylic acids is 6. The maximum Gasteiger partial charge on any atom is 0.438 e. The third-order valence-electron chi connectivity index (χ3n) is 20.6. The van der Waals surface area contributed by atoms with Gasteiger partial charge in [0.25, 0.3) is 0 Å². The zero-order valence-electron chi connectivity index (χ0n) is 80.5. The molecular formula is C105H114BrClFIN6O24. The number of hydroxylamine groups is 6. The molecule has 0 aliphatic rings. The summed E-state index contributed by atoms with van der Waals surface area (Å²) in [5, 5.41) is 62.7. The number of nitrogens with zero attached hydrogens (tertiary/aromatic N) is 6. The Balaban J connectivity index is 0.000000227. The van der Waals surface area contributed by atoms with Crippen molar-refractivity contribution in [2.24, 2.45) is 0 Å². The number of para-hydroxylation sites is 6. The van der Waals surface area contributed by atoms with Crippen LogP contribution in [0.4, 0.5) is 67.3 Å². The quantitative estimate of drug-likeness (QED) is 0.0134. The number of aryl methyl sites for hydroxylation is 13. The van der Waals surface area contributed by atoms with Gasteiger partial charge >= 0.3 is 36.6 Å². The summed E-state index contributed by atoms with van der Waals surface area (Å²) >= 11 is 11.5. The molecule has 0 bridgehead atoms. The lowest BCUT2D eigenvalue weighted by atomic mass is 10.1. The molecule has 34 heteroatoms. The highest BCUT2D eigenvalue weighted by atomic mass is 127. The number of hydrogen-bond acceptors (Lipinski definition) is 24. The number of rotatable bonds is 25. The number of benzene rings is 12.